The highest BCUT2D eigenvalue weighted by molar-refractivity contribution is 6.14. The second-order valence-electron chi connectivity index (χ2n) is 4.38. The van der Waals surface area contributed by atoms with E-state index >= 15 is 0 Å². The van der Waals surface area contributed by atoms with Crippen LogP contribution in [0.3, 0.4) is 0 Å². The number of esters is 1. The Morgan fingerprint density at radius 3 is 2.38 bits per heavy atom. The Balaban J connectivity index is 2.08. The Hall–Kier alpha value is -2.22. The molecule has 1 N–H and O–H groups in total. The summed E-state index contributed by atoms with van der Waals surface area (Å²) in [6, 6.07) is -0.736. The molecule has 116 valence electrons. The highest BCUT2D eigenvalue weighted by Crippen LogP contribution is 2.11. The van der Waals surface area contributed by atoms with Crippen LogP contribution in [0, 0.1) is 0 Å². The zero-order valence-electron chi connectivity index (χ0n) is 11.8. The van der Waals surface area contributed by atoms with Gasteiger partial charge in [0.25, 0.3) is 0 Å². The van der Waals surface area contributed by atoms with E-state index in [0.29, 0.717) is 10.5 Å². The van der Waals surface area contributed by atoms with Gasteiger partial charge in [0.15, 0.2) is 0 Å². The van der Waals surface area contributed by atoms with E-state index in [9.17, 15) is 19.2 Å². The predicted octanol–water partition coefficient (Wildman–Crippen LogP) is -0.0191. The molecule has 8 heteroatoms. The Morgan fingerprint density at radius 2 is 1.81 bits per heavy atom. The van der Waals surface area contributed by atoms with Crippen LogP contribution in [-0.2, 0) is 23.9 Å². The third-order valence-corrected chi connectivity index (χ3v) is 2.59. The van der Waals surface area contributed by atoms with Crippen molar-refractivity contribution in [2.75, 3.05) is 26.4 Å². The summed E-state index contributed by atoms with van der Waals surface area (Å²) in [4.78, 5) is 45.7. The fourth-order valence-corrected chi connectivity index (χ4v) is 1.53. The first-order valence-electron chi connectivity index (χ1n) is 6.47. The van der Waals surface area contributed by atoms with E-state index < -0.39 is 23.8 Å². The highest BCUT2D eigenvalue weighted by Gasteiger charge is 2.34. The molecule has 1 aliphatic heterocycles. The first-order valence-corrected chi connectivity index (χ1v) is 6.47. The lowest BCUT2D eigenvalue weighted by atomic mass is 10.4. The van der Waals surface area contributed by atoms with Crippen LogP contribution < -0.4 is 5.32 Å². The quantitative estimate of drug-likeness (QED) is 0.307. The number of carbonyl (C=O) groups excluding carboxylic acids is 4. The summed E-state index contributed by atoms with van der Waals surface area (Å²) in [5.41, 5.74) is 0.308. The maximum absolute atomic E-state index is 11.6. The number of rotatable bonds is 7. The second kappa shape index (κ2) is 8.15. The van der Waals surface area contributed by atoms with Gasteiger partial charge in [0.2, 0.25) is 11.8 Å². The number of carbonyl (C=O) groups is 4. The number of amides is 4. The van der Waals surface area contributed by atoms with E-state index in [-0.39, 0.29) is 39.2 Å². The van der Waals surface area contributed by atoms with E-state index in [4.69, 9.17) is 9.47 Å². The van der Waals surface area contributed by atoms with Crippen molar-refractivity contribution in [2.45, 2.75) is 19.8 Å². The van der Waals surface area contributed by atoms with E-state index in [0.717, 1.165) is 0 Å². The monoisotopic (exact) mass is 298 g/mol. The standard InChI is InChI=1S/C13H18N2O6/c1-9(2)12(18)21-8-7-20-6-5-14-13(19)15-10(16)3-4-11(15)17/h1,3-8H2,2H3,(H,14,19). The van der Waals surface area contributed by atoms with E-state index in [1.807, 2.05) is 0 Å². The summed E-state index contributed by atoms with van der Waals surface area (Å²) >= 11 is 0. The summed E-state index contributed by atoms with van der Waals surface area (Å²) in [7, 11) is 0. The number of hydrogen-bond acceptors (Lipinski definition) is 6. The van der Waals surface area contributed by atoms with Gasteiger partial charge in [-0.3, -0.25) is 9.59 Å². The van der Waals surface area contributed by atoms with Gasteiger partial charge in [0.05, 0.1) is 13.2 Å². The molecular weight excluding hydrogens is 280 g/mol. The largest absolute Gasteiger partial charge is 0.460 e. The zero-order valence-corrected chi connectivity index (χ0v) is 11.8. The fourth-order valence-electron chi connectivity index (χ4n) is 1.53. The van der Waals surface area contributed by atoms with Crippen molar-refractivity contribution in [1.29, 1.82) is 0 Å². The minimum Gasteiger partial charge on any atom is -0.460 e. The van der Waals surface area contributed by atoms with Gasteiger partial charge in [-0.25, -0.2) is 14.5 Å². The van der Waals surface area contributed by atoms with Gasteiger partial charge < -0.3 is 14.8 Å². The van der Waals surface area contributed by atoms with Crippen LogP contribution in [0.5, 0.6) is 0 Å². The van der Waals surface area contributed by atoms with Gasteiger partial charge in [-0.1, -0.05) is 6.58 Å². The molecule has 21 heavy (non-hydrogen) atoms. The molecule has 0 aromatic heterocycles. The van der Waals surface area contributed by atoms with Crippen LogP contribution in [0.15, 0.2) is 12.2 Å². The highest BCUT2D eigenvalue weighted by atomic mass is 16.6. The van der Waals surface area contributed by atoms with Crippen LogP contribution in [0.2, 0.25) is 0 Å². The summed E-state index contributed by atoms with van der Waals surface area (Å²) < 4.78 is 9.91. The van der Waals surface area contributed by atoms with E-state index in [1.54, 1.807) is 6.92 Å². The molecule has 1 rings (SSSR count). The molecule has 1 fully saturated rings. The Morgan fingerprint density at radius 1 is 1.19 bits per heavy atom. The molecule has 1 heterocycles. The number of imide groups is 3. The maximum Gasteiger partial charge on any atom is 0.333 e. The third kappa shape index (κ3) is 5.35. The zero-order chi connectivity index (χ0) is 15.8. The van der Waals surface area contributed by atoms with Crippen LogP contribution in [0.4, 0.5) is 4.79 Å². The van der Waals surface area contributed by atoms with Crippen LogP contribution in [0.25, 0.3) is 0 Å². The minimum absolute atomic E-state index is 0.0663. The molecule has 4 amide bonds. The van der Waals surface area contributed by atoms with Gasteiger partial charge in [-0.2, -0.15) is 0 Å². The predicted molar refractivity (Wildman–Crippen MR) is 71.1 cm³/mol. The number of urea groups is 1. The Kier molecular flexibility index (Phi) is 6.54. The van der Waals surface area contributed by atoms with Gasteiger partial charge in [-0.15, -0.1) is 0 Å². The molecule has 0 bridgehead atoms. The normalized spacial score (nSPS) is 14.2. The van der Waals surface area contributed by atoms with Gasteiger partial charge in [0.1, 0.15) is 6.61 Å². The lowest BCUT2D eigenvalue weighted by molar-refractivity contribution is -0.140. The molecular formula is C13H18N2O6. The van der Waals surface area contributed by atoms with Crippen LogP contribution >= 0.6 is 0 Å². The van der Waals surface area contributed by atoms with Crippen molar-refractivity contribution in [1.82, 2.24) is 10.2 Å². The van der Waals surface area contributed by atoms with E-state index in [2.05, 4.69) is 11.9 Å². The SMILES string of the molecule is C=C(C)C(=O)OCCOCCNC(=O)N1C(=O)CCC1=O. The number of nitrogens with zero attached hydrogens (tertiary/aromatic N) is 1. The molecule has 0 spiro atoms. The number of likely N-dealkylation sites (tertiary alicyclic amines) is 1. The third-order valence-electron chi connectivity index (χ3n) is 2.59. The van der Waals surface area contributed by atoms with Crippen molar-refractivity contribution in [2.24, 2.45) is 0 Å². The van der Waals surface area contributed by atoms with E-state index in [1.165, 1.54) is 0 Å². The lowest BCUT2D eigenvalue weighted by Gasteiger charge is -2.13. The average Bonchev–Trinajstić information content (AvgIpc) is 2.76. The molecule has 0 saturated carbocycles. The van der Waals surface area contributed by atoms with Crippen LogP contribution in [0.1, 0.15) is 19.8 Å². The van der Waals surface area contributed by atoms with Gasteiger partial charge >= 0.3 is 12.0 Å². The molecule has 0 unspecified atom stereocenters. The summed E-state index contributed by atoms with van der Waals surface area (Å²) in [5.74, 6) is -1.48. The van der Waals surface area contributed by atoms with Crippen molar-refractivity contribution in [3.05, 3.63) is 12.2 Å². The topological polar surface area (TPSA) is 102 Å². The molecule has 1 aliphatic rings. The maximum atomic E-state index is 11.6. The summed E-state index contributed by atoms with van der Waals surface area (Å²) in [6.07, 6.45) is 0.133. The molecule has 0 aromatic rings. The molecule has 0 atom stereocenters. The molecule has 0 aromatic carbocycles. The fraction of sp³-hybridized carbons (Fsp3) is 0.538. The van der Waals surface area contributed by atoms with Gasteiger partial charge in [0, 0.05) is 25.0 Å². The van der Waals surface area contributed by atoms with Crippen molar-refractivity contribution in [3.63, 3.8) is 0 Å². The van der Waals surface area contributed by atoms with Crippen molar-refractivity contribution < 1.29 is 28.7 Å². The lowest BCUT2D eigenvalue weighted by Crippen LogP contribution is -2.44. The Bertz CT molecular complexity index is 444. The van der Waals surface area contributed by atoms with Crippen molar-refractivity contribution in [3.8, 4) is 0 Å². The molecule has 8 nitrogen and oxygen atoms in total. The Labute approximate surface area is 122 Å². The smallest absolute Gasteiger partial charge is 0.333 e. The summed E-state index contributed by atoms with van der Waals surface area (Å²) in [6.45, 7) is 5.55. The first-order chi connectivity index (χ1) is 9.93. The first kappa shape index (κ1) is 16.8. The minimum atomic E-state index is -0.736. The molecule has 0 aliphatic carbocycles. The second-order valence-corrected chi connectivity index (χ2v) is 4.38. The number of nitrogens with one attached hydrogen (secondary N) is 1. The number of hydrogen-bond donors (Lipinski definition) is 1. The van der Waals surface area contributed by atoms with Crippen LogP contribution in [-0.4, -0.2) is 55.1 Å². The van der Waals surface area contributed by atoms with Crippen molar-refractivity contribution >= 4 is 23.8 Å². The molecule has 0 radical (unpaired) electrons. The number of ether oxygens (including phenoxy) is 2. The van der Waals surface area contributed by atoms with Gasteiger partial charge in [-0.05, 0) is 6.92 Å². The average molecular weight is 298 g/mol. The molecule has 1 saturated heterocycles. The summed E-state index contributed by atoms with van der Waals surface area (Å²) in [5, 5.41) is 2.40.